The van der Waals surface area contributed by atoms with E-state index in [2.05, 4.69) is 35.5 Å². The van der Waals surface area contributed by atoms with Crippen LogP contribution in [0.4, 0.5) is 0 Å². The Morgan fingerprint density at radius 2 is 2.08 bits per heavy atom. The summed E-state index contributed by atoms with van der Waals surface area (Å²) in [6, 6.07) is 6.03. The zero-order chi connectivity index (χ0) is 17.1. The Bertz CT molecular complexity index is 490. The normalized spacial score (nSPS) is 16.8. The summed E-state index contributed by atoms with van der Waals surface area (Å²) in [6.45, 7) is 8.57. The maximum absolute atomic E-state index is 5.54. The molecule has 0 spiro atoms. The Morgan fingerprint density at radius 3 is 2.72 bits per heavy atom. The van der Waals surface area contributed by atoms with Gasteiger partial charge in [0.25, 0.3) is 0 Å². The van der Waals surface area contributed by atoms with Gasteiger partial charge in [0.15, 0.2) is 5.96 Å². The molecule has 0 aliphatic carbocycles. The van der Waals surface area contributed by atoms with Gasteiger partial charge in [0.2, 0.25) is 0 Å². The lowest BCUT2D eigenvalue weighted by Crippen LogP contribution is -2.41. The molecule has 0 aromatic carbocycles. The summed E-state index contributed by atoms with van der Waals surface area (Å²) in [7, 11) is 0. The number of pyridine rings is 1. The SMILES string of the molecule is CCNC(=NCC1(SCC)CCOCC1)NCCc1ccccn1.I. The number of aromatic nitrogens is 1. The Hall–Kier alpha value is -0.540. The van der Waals surface area contributed by atoms with Crippen molar-refractivity contribution in [2.75, 3.05) is 38.6 Å². The van der Waals surface area contributed by atoms with E-state index in [1.54, 1.807) is 0 Å². The summed E-state index contributed by atoms with van der Waals surface area (Å²) in [6.07, 6.45) is 4.91. The van der Waals surface area contributed by atoms with E-state index in [9.17, 15) is 0 Å². The van der Waals surface area contributed by atoms with Crippen molar-refractivity contribution in [1.82, 2.24) is 15.6 Å². The lowest BCUT2D eigenvalue weighted by atomic mass is 9.99. The summed E-state index contributed by atoms with van der Waals surface area (Å²) in [5.74, 6) is 2.02. The van der Waals surface area contributed by atoms with Crippen molar-refractivity contribution in [1.29, 1.82) is 0 Å². The third-order valence-corrected chi connectivity index (χ3v) is 5.56. The predicted molar refractivity (Wildman–Crippen MR) is 118 cm³/mol. The van der Waals surface area contributed by atoms with Gasteiger partial charge in [-0.3, -0.25) is 9.98 Å². The smallest absolute Gasteiger partial charge is 0.191 e. The fraction of sp³-hybridized carbons (Fsp3) is 0.667. The lowest BCUT2D eigenvalue weighted by Gasteiger charge is -2.35. The minimum absolute atomic E-state index is 0. The molecule has 2 heterocycles. The molecule has 5 nitrogen and oxygen atoms in total. The molecule has 142 valence electrons. The van der Waals surface area contributed by atoms with Crippen LogP contribution in [0.25, 0.3) is 0 Å². The van der Waals surface area contributed by atoms with Crippen LogP contribution in [0.5, 0.6) is 0 Å². The third kappa shape index (κ3) is 8.13. The first-order valence-electron chi connectivity index (χ1n) is 8.92. The summed E-state index contributed by atoms with van der Waals surface area (Å²) in [4.78, 5) is 9.22. The van der Waals surface area contributed by atoms with E-state index in [0.717, 1.165) is 69.5 Å². The van der Waals surface area contributed by atoms with Crippen LogP contribution in [-0.4, -0.2) is 54.3 Å². The number of rotatable bonds is 8. The van der Waals surface area contributed by atoms with Gasteiger partial charge in [0.05, 0.1) is 6.54 Å². The van der Waals surface area contributed by atoms with Gasteiger partial charge in [-0.2, -0.15) is 11.8 Å². The van der Waals surface area contributed by atoms with Crippen LogP contribution in [0.3, 0.4) is 0 Å². The Kier molecular flexibility index (Phi) is 11.5. The Morgan fingerprint density at radius 1 is 1.28 bits per heavy atom. The van der Waals surface area contributed by atoms with Crippen LogP contribution in [0, 0.1) is 0 Å². The Labute approximate surface area is 173 Å². The van der Waals surface area contributed by atoms with E-state index in [1.807, 2.05) is 30.1 Å². The van der Waals surface area contributed by atoms with Crippen LogP contribution >= 0.6 is 35.7 Å². The molecule has 1 aromatic heterocycles. The zero-order valence-electron chi connectivity index (χ0n) is 15.3. The first kappa shape index (κ1) is 22.5. The fourth-order valence-electron chi connectivity index (χ4n) is 2.82. The van der Waals surface area contributed by atoms with Gasteiger partial charge in [-0.15, -0.1) is 24.0 Å². The molecule has 7 heteroatoms. The molecule has 1 aromatic rings. The monoisotopic (exact) mass is 478 g/mol. The molecule has 0 amide bonds. The predicted octanol–water partition coefficient (Wildman–Crippen LogP) is 3.10. The van der Waals surface area contributed by atoms with Crippen molar-refractivity contribution in [3.8, 4) is 0 Å². The van der Waals surface area contributed by atoms with Crippen molar-refractivity contribution < 1.29 is 4.74 Å². The van der Waals surface area contributed by atoms with Crippen LogP contribution in [0.2, 0.25) is 0 Å². The fourth-order valence-corrected chi connectivity index (χ4v) is 4.04. The summed E-state index contributed by atoms with van der Waals surface area (Å²) < 4.78 is 5.77. The molecule has 1 aliphatic rings. The molecule has 1 saturated heterocycles. The number of aliphatic imine (C=N–C) groups is 1. The van der Waals surface area contributed by atoms with E-state index < -0.39 is 0 Å². The average molecular weight is 478 g/mol. The average Bonchev–Trinajstić information content (AvgIpc) is 2.62. The van der Waals surface area contributed by atoms with E-state index >= 15 is 0 Å². The standard InChI is InChI=1S/C18H30N4OS.HI/c1-3-19-17(21-12-8-16-7-5-6-11-20-16)22-15-18(24-4-2)9-13-23-14-10-18;/h5-7,11H,3-4,8-10,12-15H2,1-2H3,(H2,19,21,22);1H. The number of nitrogens with zero attached hydrogens (tertiary/aromatic N) is 2. The van der Waals surface area contributed by atoms with Crippen LogP contribution in [0.1, 0.15) is 32.4 Å². The molecule has 2 N–H and O–H groups in total. The van der Waals surface area contributed by atoms with Crippen LogP contribution in [-0.2, 0) is 11.2 Å². The third-order valence-electron chi connectivity index (χ3n) is 4.12. The largest absolute Gasteiger partial charge is 0.381 e. The minimum Gasteiger partial charge on any atom is -0.381 e. The molecule has 1 aliphatic heterocycles. The van der Waals surface area contributed by atoms with Crippen molar-refractivity contribution in [3.63, 3.8) is 0 Å². The van der Waals surface area contributed by atoms with Crippen LogP contribution in [0.15, 0.2) is 29.4 Å². The van der Waals surface area contributed by atoms with Crippen molar-refractivity contribution in [3.05, 3.63) is 30.1 Å². The number of ether oxygens (including phenoxy) is 1. The maximum atomic E-state index is 5.54. The second kappa shape index (κ2) is 12.8. The summed E-state index contributed by atoms with van der Waals surface area (Å²) >= 11 is 2.03. The highest BCUT2D eigenvalue weighted by Gasteiger charge is 2.32. The first-order valence-corrected chi connectivity index (χ1v) is 9.90. The van der Waals surface area contributed by atoms with Gasteiger partial charge in [-0.05, 0) is 37.7 Å². The number of nitrogens with one attached hydrogen (secondary N) is 2. The van der Waals surface area contributed by atoms with E-state index in [1.165, 1.54) is 0 Å². The number of halogens is 1. The van der Waals surface area contributed by atoms with Crippen LogP contribution < -0.4 is 10.6 Å². The molecule has 2 rings (SSSR count). The second-order valence-electron chi connectivity index (χ2n) is 5.92. The van der Waals surface area contributed by atoms with Gasteiger partial charge >= 0.3 is 0 Å². The quantitative estimate of drug-likeness (QED) is 0.342. The first-order chi connectivity index (χ1) is 11.8. The van der Waals surface area contributed by atoms with Gasteiger partial charge in [-0.1, -0.05) is 13.0 Å². The van der Waals surface area contributed by atoms with Crippen molar-refractivity contribution >= 4 is 41.7 Å². The zero-order valence-corrected chi connectivity index (χ0v) is 18.4. The molecular weight excluding hydrogens is 447 g/mol. The number of thioether (sulfide) groups is 1. The Balaban J connectivity index is 0.00000312. The number of hydrogen-bond acceptors (Lipinski definition) is 4. The molecule has 0 unspecified atom stereocenters. The van der Waals surface area contributed by atoms with Gasteiger partial charge in [0, 0.05) is 49.4 Å². The van der Waals surface area contributed by atoms with E-state index in [-0.39, 0.29) is 28.7 Å². The molecule has 25 heavy (non-hydrogen) atoms. The van der Waals surface area contributed by atoms with Gasteiger partial charge in [-0.25, -0.2) is 0 Å². The summed E-state index contributed by atoms with van der Waals surface area (Å²) in [5, 5.41) is 6.77. The number of hydrogen-bond donors (Lipinski definition) is 2. The molecular formula is C18H31IN4OS. The second-order valence-corrected chi connectivity index (χ2v) is 7.65. The molecule has 0 saturated carbocycles. The topological polar surface area (TPSA) is 58.5 Å². The molecule has 1 fully saturated rings. The van der Waals surface area contributed by atoms with Gasteiger partial charge in [0.1, 0.15) is 0 Å². The summed E-state index contributed by atoms with van der Waals surface area (Å²) in [5.41, 5.74) is 1.10. The van der Waals surface area contributed by atoms with E-state index in [0.29, 0.717) is 0 Å². The highest BCUT2D eigenvalue weighted by molar-refractivity contribution is 14.0. The number of guanidine groups is 1. The highest BCUT2D eigenvalue weighted by Crippen LogP contribution is 2.35. The minimum atomic E-state index is 0. The van der Waals surface area contributed by atoms with Gasteiger partial charge < -0.3 is 15.4 Å². The lowest BCUT2D eigenvalue weighted by molar-refractivity contribution is 0.0793. The molecule has 0 bridgehead atoms. The van der Waals surface area contributed by atoms with Crippen molar-refractivity contribution in [2.24, 2.45) is 4.99 Å². The maximum Gasteiger partial charge on any atom is 0.191 e. The molecule has 0 atom stereocenters. The van der Waals surface area contributed by atoms with Crippen molar-refractivity contribution in [2.45, 2.75) is 37.9 Å². The van der Waals surface area contributed by atoms with E-state index in [4.69, 9.17) is 9.73 Å². The highest BCUT2D eigenvalue weighted by atomic mass is 127. The molecule has 0 radical (unpaired) electrons.